The molecule has 1 aliphatic carbocycles. The number of benzene rings is 4. The van der Waals surface area contributed by atoms with Crippen molar-refractivity contribution in [2.24, 2.45) is 0 Å². The predicted octanol–water partition coefficient (Wildman–Crippen LogP) is 5.27. The number of nitriles is 1. The van der Waals surface area contributed by atoms with E-state index in [9.17, 15) is 5.26 Å². The summed E-state index contributed by atoms with van der Waals surface area (Å²) in [6.45, 7) is 0.210. The third-order valence-corrected chi connectivity index (χ3v) is 12.7. The van der Waals surface area contributed by atoms with Gasteiger partial charge in [0.25, 0.3) is 0 Å². The molecule has 4 aliphatic rings. The second-order valence-electron chi connectivity index (χ2n) is 9.88. The Bertz CT molecular complexity index is 1710. The first-order valence-corrected chi connectivity index (χ1v) is 16.1. The van der Waals surface area contributed by atoms with Crippen molar-refractivity contribution in [1.82, 2.24) is 0 Å². The molecule has 0 saturated heterocycles. The van der Waals surface area contributed by atoms with Crippen LogP contribution in [0.5, 0.6) is 0 Å². The van der Waals surface area contributed by atoms with Crippen LogP contribution in [0.2, 0.25) is 0 Å². The molecule has 4 aromatic carbocycles. The Morgan fingerprint density at radius 1 is 0.784 bits per heavy atom. The Labute approximate surface area is 232 Å². The number of allylic oxidation sites excluding steroid dienone is 2. The van der Waals surface area contributed by atoms with Gasteiger partial charge < -0.3 is 0 Å². The molecule has 0 amide bonds. The summed E-state index contributed by atoms with van der Waals surface area (Å²) >= 11 is 4.08. The molecule has 0 aromatic heterocycles. The van der Waals surface area contributed by atoms with Crippen LogP contribution in [0.4, 0.5) is 11.4 Å². The Morgan fingerprint density at radius 2 is 1.54 bits per heavy atom. The third kappa shape index (κ3) is 3.42. The minimum atomic E-state index is 0.210. The number of fused-ring (bicyclic) bond motifs is 5. The van der Waals surface area contributed by atoms with Crippen LogP contribution in [0.15, 0.2) is 109 Å². The van der Waals surface area contributed by atoms with Gasteiger partial charge in [-0.2, -0.15) is 0 Å². The van der Waals surface area contributed by atoms with Crippen molar-refractivity contribution in [2.75, 3.05) is 4.90 Å². The fraction of sp³-hybridized carbons (Fsp3) is 0.129. The summed E-state index contributed by atoms with van der Waals surface area (Å²) in [6, 6.07) is 31.5. The van der Waals surface area contributed by atoms with Crippen LogP contribution in [0.3, 0.4) is 0 Å². The first kappa shape index (κ1) is 22.2. The first-order chi connectivity index (χ1) is 18.3. The molecule has 0 bridgehead atoms. The van der Waals surface area contributed by atoms with Gasteiger partial charge in [0.05, 0.1) is 0 Å². The zero-order valence-corrected chi connectivity index (χ0v) is 23.4. The van der Waals surface area contributed by atoms with Gasteiger partial charge in [-0.15, -0.1) is 0 Å². The first-order valence-electron chi connectivity index (χ1n) is 12.7. The summed E-state index contributed by atoms with van der Waals surface area (Å²) in [5.41, 5.74) is 9.04. The second kappa shape index (κ2) is 8.62. The molecule has 3 aliphatic heterocycles. The van der Waals surface area contributed by atoms with E-state index in [1.54, 1.807) is 10.2 Å². The Kier molecular flexibility index (Phi) is 5.17. The standard InChI is InChI=1S/C31H21BN2S2Se/c33-18-19-15-27-31-28(16-19)36-26-17-20(13-14-22(26)32(31)21-7-1-4-10-25(21)35-27)34-23-8-2-5-11-29(23)37-30-12-6-3-9-24(30)34/h1-2,4-5,7-8,10-11,13-17H,3,6,9,12H2. The van der Waals surface area contributed by atoms with Gasteiger partial charge in [-0.05, 0) is 0 Å². The number of hydrogen-bond acceptors (Lipinski definition) is 4. The third-order valence-electron chi connectivity index (χ3n) is 7.76. The van der Waals surface area contributed by atoms with Crippen molar-refractivity contribution < 1.29 is 0 Å². The van der Waals surface area contributed by atoms with E-state index in [0.29, 0.717) is 15.0 Å². The van der Waals surface area contributed by atoms with Crippen LogP contribution in [0, 0.1) is 11.3 Å². The zero-order valence-electron chi connectivity index (χ0n) is 20.0. The molecule has 0 spiro atoms. The van der Waals surface area contributed by atoms with Gasteiger partial charge in [-0.25, -0.2) is 0 Å². The van der Waals surface area contributed by atoms with Gasteiger partial charge in [0.2, 0.25) is 0 Å². The number of rotatable bonds is 1. The molecule has 4 aromatic rings. The van der Waals surface area contributed by atoms with Crippen LogP contribution < -0.4 is 25.8 Å². The predicted molar refractivity (Wildman–Crippen MR) is 156 cm³/mol. The SMILES string of the molecule is N#Cc1cc2c3c(c1)Sc1cc(N4C5=C(CCCC5)[Se]c5ccccc54)ccc1B3c1ccccc1S2. The fourth-order valence-electron chi connectivity index (χ4n) is 6.14. The van der Waals surface area contributed by atoms with Crippen LogP contribution in [0.25, 0.3) is 0 Å². The maximum atomic E-state index is 9.77. The minimum absolute atomic E-state index is 0.210. The Balaban J connectivity index is 1.32. The molecular formula is C31H21BN2S2Se. The van der Waals surface area contributed by atoms with Crippen molar-refractivity contribution in [1.29, 1.82) is 5.26 Å². The summed E-state index contributed by atoms with van der Waals surface area (Å²) in [5.74, 6) is 0. The Morgan fingerprint density at radius 3 is 2.43 bits per heavy atom. The van der Waals surface area contributed by atoms with Crippen molar-refractivity contribution in [3.05, 3.63) is 94.6 Å². The molecule has 0 saturated carbocycles. The van der Waals surface area contributed by atoms with Crippen LogP contribution >= 0.6 is 23.5 Å². The molecule has 37 heavy (non-hydrogen) atoms. The molecule has 0 unspecified atom stereocenters. The molecule has 0 fully saturated rings. The van der Waals surface area contributed by atoms with Gasteiger partial charge in [0, 0.05) is 0 Å². The van der Waals surface area contributed by atoms with E-state index in [0.717, 1.165) is 5.56 Å². The maximum absolute atomic E-state index is 9.77. The summed E-state index contributed by atoms with van der Waals surface area (Å²) in [4.78, 5) is 7.62. The number of hydrogen-bond donors (Lipinski definition) is 0. The van der Waals surface area contributed by atoms with Crippen molar-refractivity contribution >= 4 is 77.4 Å². The normalized spacial score (nSPS) is 16.7. The van der Waals surface area contributed by atoms with Gasteiger partial charge >= 0.3 is 234 Å². The molecule has 0 radical (unpaired) electrons. The molecule has 0 N–H and O–H groups in total. The molecule has 176 valence electrons. The number of anilines is 2. The second-order valence-corrected chi connectivity index (χ2v) is 14.4. The van der Waals surface area contributed by atoms with E-state index in [1.807, 2.05) is 23.5 Å². The van der Waals surface area contributed by atoms with Crippen molar-refractivity contribution in [2.45, 2.75) is 45.3 Å². The van der Waals surface area contributed by atoms with Gasteiger partial charge in [-0.1, -0.05) is 0 Å². The number of nitrogens with zero attached hydrogens (tertiary/aromatic N) is 2. The van der Waals surface area contributed by atoms with E-state index in [2.05, 4.69) is 89.8 Å². The van der Waals surface area contributed by atoms with Gasteiger partial charge in [0.15, 0.2) is 0 Å². The molecule has 2 nitrogen and oxygen atoms in total. The van der Waals surface area contributed by atoms with Crippen molar-refractivity contribution in [3.8, 4) is 6.07 Å². The Hall–Kier alpha value is -2.81. The van der Waals surface area contributed by atoms with Crippen LogP contribution in [0.1, 0.15) is 31.2 Å². The topological polar surface area (TPSA) is 27.0 Å². The van der Waals surface area contributed by atoms with Crippen LogP contribution in [-0.2, 0) is 0 Å². The van der Waals surface area contributed by atoms with E-state index >= 15 is 0 Å². The quantitative estimate of drug-likeness (QED) is 0.250. The monoisotopic (exact) mass is 576 g/mol. The number of para-hydroxylation sites is 1. The van der Waals surface area contributed by atoms with E-state index in [1.165, 1.54) is 77.5 Å². The summed E-state index contributed by atoms with van der Waals surface area (Å²) in [7, 11) is 0. The molecule has 8 rings (SSSR count). The molecule has 6 heteroatoms. The average molecular weight is 575 g/mol. The van der Waals surface area contributed by atoms with Crippen LogP contribution in [-0.4, -0.2) is 21.7 Å². The molecular weight excluding hydrogens is 554 g/mol. The van der Waals surface area contributed by atoms with Gasteiger partial charge in [0.1, 0.15) is 0 Å². The molecule has 0 atom stereocenters. The van der Waals surface area contributed by atoms with Crippen molar-refractivity contribution in [3.63, 3.8) is 0 Å². The zero-order chi connectivity index (χ0) is 24.5. The molecule has 3 heterocycles. The van der Waals surface area contributed by atoms with E-state index < -0.39 is 0 Å². The average Bonchev–Trinajstić information content (AvgIpc) is 2.95. The van der Waals surface area contributed by atoms with E-state index in [-0.39, 0.29) is 6.71 Å². The summed E-state index contributed by atoms with van der Waals surface area (Å²) < 4.78 is 3.17. The fourth-order valence-corrected chi connectivity index (χ4v) is 11.3. The van der Waals surface area contributed by atoms with E-state index in [4.69, 9.17) is 0 Å². The summed E-state index contributed by atoms with van der Waals surface area (Å²) in [6.07, 6.45) is 5.00. The van der Waals surface area contributed by atoms with Gasteiger partial charge in [-0.3, -0.25) is 0 Å². The summed E-state index contributed by atoms with van der Waals surface area (Å²) in [5, 5.41) is 9.77.